The van der Waals surface area contributed by atoms with Gasteiger partial charge in [-0.05, 0) is 42.8 Å². The maximum atomic E-state index is 13.7. The Morgan fingerprint density at radius 3 is 2.85 bits per heavy atom. The number of aromatic nitrogens is 1. The minimum absolute atomic E-state index is 0.00785. The molecular weight excluding hydrogens is 395 g/mol. The second kappa shape index (κ2) is 8.24. The number of carbonyl (C=O) groups excluding carboxylic acids is 1. The summed E-state index contributed by atoms with van der Waals surface area (Å²) < 4.78 is 16.2. The Bertz CT molecular complexity index is 1020. The third-order valence-corrected chi connectivity index (χ3v) is 5.93. The van der Waals surface area contributed by atoms with E-state index in [0.29, 0.717) is 28.6 Å². The van der Waals surface area contributed by atoms with E-state index in [1.54, 1.807) is 28.8 Å². The number of rotatable bonds is 6. The maximum absolute atomic E-state index is 13.7. The molecule has 0 unspecified atom stereocenters. The van der Waals surface area contributed by atoms with E-state index < -0.39 is 0 Å². The van der Waals surface area contributed by atoms with Crippen LogP contribution in [0.3, 0.4) is 0 Å². The largest absolute Gasteiger partial charge is 0.325 e. The summed E-state index contributed by atoms with van der Waals surface area (Å²) in [4.78, 5) is 24.0. The highest BCUT2D eigenvalue weighted by molar-refractivity contribution is 7.99. The lowest BCUT2D eigenvalue weighted by molar-refractivity contribution is -0.113. The van der Waals surface area contributed by atoms with Crippen molar-refractivity contribution in [3.8, 4) is 0 Å². The first kappa shape index (κ1) is 18.9. The lowest BCUT2D eigenvalue weighted by atomic mass is 10.2. The molecule has 8 heteroatoms. The van der Waals surface area contributed by atoms with Gasteiger partial charge >= 0.3 is 4.87 Å². The molecule has 0 fully saturated rings. The molecule has 1 heterocycles. The second-order valence-corrected chi connectivity index (χ2v) is 7.99. The Kier molecular flexibility index (Phi) is 6.01. The summed E-state index contributed by atoms with van der Waals surface area (Å²) in [6, 6.07) is 9.93. The Morgan fingerprint density at radius 2 is 2.12 bits per heavy atom. The molecule has 3 rings (SSSR count). The van der Waals surface area contributed by atoms with E-state index in [2.05, 4.69) is 5.32 Å². The highest BCUT2D eigenvalue weighted by Gasteiger charge is 2.09. The first-order valence-electron chi connectivity index (χ1n) is 7.93. The number of nitrogens with zero attached hydrogens (tertiary/aromatic N) is 1. The van der Waals surface area contributed by atoms with Crippen molar-refractivity contribution in [3.63, 3.8) is 0 Å². The second-order valence-electron chi connectivity index (χ2n) is 5.57. The number of thiazole rings is 1. The zero-order chi connectivity index (χ0) is 18.7. The lowest BCUT2D eigenvalue weighted by Gasteiger charge is -2.07. The molecule has 3 aromatic rings. The smallest absolute Gasteiger partial charge is 0.308 e. The first-order valence-corrected chi connectivity index (χ1v) is 10.3. The predicted molar refractivity (Wildman–Crippen MR) is 108 cm³/mol. The predicted octanol–water partition coefficient (Wildman–Crippen LogP) is 4.75. The number of halogens is 2. The standard InChI is InChI=1S/C18H16ClFN2O2S2/c1-2-22-15-6-5-13(8-16(15)26-18(22)24)21-17(23)10-25-9-11-3-4-12(19)7-14(11)20/h3-8H,2,9-10H2,1H3,(H,21,23). The number of nitrogens with one attached hydrogen (secondary N) is 1. The third kappa shape index (κ3) is 4.28. The highest BCUT2D eigenvalue weighted by Crippen LogP contribution is 2.23. The van der Waals surface area contributed by atoms with Crippen LogP contribution in [-0.2, 0) is 17.1 Å². The van der Waals surface area contributed by atoms with E-state index in [9.17, 15) is 14.0 Å². The van der Waals surface area contributed by atoms with Gasteiger partial charge in [-0.3, -0.25) is 14.2 Å². The Labute approximate surface area is 163 Å². The van der Waals surface area contributed by atoms with Crippen molar-refractivity contribution in [1.29, 1.82) is 0 Å². The van der Waals surface area contributed by atoms with E-state index >= 15 is 0 Å². The number of hydrogen-bond acceptors (Lipinski definition) is 4. The van der Waals surface area contributed by atoms with E-state index in [-0.39, 0.29) is 22.4 Å². The fraction of sp³-hybridized carbons (Fsp3) is 0.222. The van der Waals surface area contributed by atoms with Crippen LogP contribution in [0.2, 0.25) is 5.02 Å². The molecule has 0 radical (unpaired) electrons. The Hall–Kier alpha value is -1.83. The summed E-state index contributed by atoms with van der Waals surface area (Å²) in [5, 5.41) is 3.16. The van der Waals surface area contributed by atoms with Gasteiger partial charge in [0.15, 0.2) is 0 Å². The molecule has 1 amide bonds. The summed E-state index contributed by atoms with van der Waals surface area (Å²) in [6.07, 6.45) is 0. The van der Waals surface area contributed by atoms with Crippen LogP contribution in [0.1, 0.15) is 12.5 Å². The van der Waals surface area contributed by atoms with Gasteiger partial charge in [-0.1, -0.05) is 29.0 Å². The summed E-state index contributed by atoms with van der Waals surface area (Å²) in [7, 11) is 0. The van der Waals surface area contributed by atoms with Crippen molar-refractivity contribution in [2.75, 3.05) is 11.1 Å². The zero-order valence-corrected chi connectivity index (χ0v) is 16.3. The summed E-state index contributed by atoms with van der Waals surface area (Å²) >= 11 is 8.20. The summed E-state index contributed by atoms with van der Waals surface area (Å²) in [6.45, 7) is 2.53. The van der Waals surface area contributed by atoms with E-state index in [0.717, 1.165) is 21.6 Å². The number of amides is 1. The number of aryl methyl sites for hydroxylation is 1. The quantitative estimate of drug-likeness (QED) is 0.638. The molecule has 0 spiro atoms. The average Bonchev–Trinajstić information content (AvgIpc) is 2.91. The van der Waals surface area contributed by atoms with Crippen LogP contribution in [0.15, 0.2) is 41.2 Å². The SMILES string of the molecule is CCn1c(=O)sc2cc(NC(=O)CSCc3ccc(Cl)cc3F)ccc21. The van der Waals surface area contributed by atoms with Gasteiger partial charge in [0.1, 0.15) is 5.82 Å². The van der Waals surface area contributed by atoms with Crippen molar-refractivity contribution in [1.82, 2.24) is 4.57 Å². The van der Waals surface area contributed by atoms with Crippen LogP contribution >= 0.6 is 34.7 Å². The molecule has 0 aliphatic carbocycles. The van der Waals surface area contributed by atoms with Gasteiger partial charge in [0.2, 0.25) is 5.91 Å². The van der Waals surface area contributed by atoms with E-state index in [1.807, 2.05) is 13.0 Å². The van der Waals surface area contributed by atoms with E-state index in [4.69, 9.17) is 11.6 Å². The minimum atomic E-state index is -0.369. The van der Waals surface area contributed by atoms with Gasteiger partial charge in [0, 0.05) is 23.0 Å². The van der Waals surface area contributed by atoms with Gasteiger partial charge in [-0.25, -0.2) is 4.39 Å². The molecule has 1 aromatic heterocycles. The molecule has 26 heavy (non-hydrogen) atoms. The molecule has 0 saturated heterocycles. The van der Waals surface area contributed by atoms with Gasteiger partial charge in [0.25, 0.3) is 0 Å². The van der Waals surface area contributed by atoms with Crippen molar-refractivity contribution in [3.05, 3.63) is 62.5 Å². The molecule has 1 N–H and O–H groups in total. The third-order valence-electron chi connectivity index (χ3n) is 3.77. The van der Waals surface area contributed by atoms with Gasteiger partial charge < -0.3 is 5.32 Å². The molecule has 0 aliphatic rings. The summed E-state index contributed by atoms with van der Waals surface area (Å²) in [5.74, 6) is 0.0418. The summed E-state index contributed by atoms with van der Waals surface area (Å²) in [5.41, 5.74) is 2.03. The molecule has 0 aliphatic heterocycles. The van der Waals surface area contributed by atoms with Gasteiger partial charge in [-0.15, -0.1) is 11.8 Å². The maximum Gasteiger partial charge on any atom is 0.308 e. The van der Waals surface area contributed by atoms with Crippen LogP contribution in [-0.4, -0.2) is 16.2 Å². The molecular formula is C18H16ClFN2O2S2. The normalized spacial score (nSPS) is 11.0. The molecule has 0 bridgehead atoms. The minimum Gasteiger partial charge on any atom is -0.325 e. The van der Waals surface area contributed by atoms with Crippen LogP contribution in [0.25, 0.3) is 10.2 Å². The number of thioether (sulfide) groups is 1. The molecule has 0 atom stereocenters. The number of hydrogen-bond donors (Lipinski definition) is 1. The number of carbonyl (C=O) groups is 1. The van der Waals surface area contributed by atoms with Crippen molar-refractivity contribution in [2.45, 2.75) is 19.2 Å². The monoisotopic (exact) mass is 410 g/mol. The highest BCUT2D eigenvalue weighted by atomic mass is 35.5. The van der Waals surface area contributed by atoms with Crippen molar-refractivity contribution in [2.24, 2.45) is 0 Å². The first-order chi connectivity index (χ1) is 12.5. The Balaban J connectivity index is 1.59. The van der Waals surface area contributed by atoms with Gasteiger partial charge in [0.05, 0.1) is 16.0 Å². The zero-order valence-electron chi connectivity index (χ0n) is 13.9. The molecule has 136 valence electrons. The average molecular weight is 411 g/mol. The molecule has 0 saturated carbocycles. The fourth-order valence-corrected chi connectivity index (χ4v) is 4.50. The Morgan fingerprint density at radius 1 is 1.31 bits per heavy atom. The van der Waals surface area contributed by atoms with Crippen LogP contribution in [0, 0.1) is 5.82 Å². The number of fused-ring (bicyclic) bond motifs is 1. The van der Waals surface area contributed by atoms with Gasteiger partial charge in [-0.2, -0.15) is 0 Å². The van der Waals surface area contributed by atoms with Crippen LogP contribution in [0.5, 0.6) is 0 Å². The van der Waals surface area contributed by atoms with E-state index in [1.165, 1.54) is 17.8 Å². The van der Waals surface area contributed by atoms with Crippen LogP contribution < -0.4 is 10.2 Å². The lowest BCUT2D eigenvalue weighted by Crippen LogP contribution is -2.14. The topological polar surface area (TPSA) is 51.1 Å². The van der Waals surface area contributed by atoms with Crippen LogP contribution in [0.4, 0.5) is 10.1 Å². The number of benzene rings is 2. The van der Waals surface area contributed by atoms with Crippen molar-refractivity contribution < 1.29 is 9.18 Å². The van der Waals surface area contributed by atoms with Crippen molar-refractivity contribution >= 4 is 56.5 Å². The molecule has 4 nitrogen and oxygen atoms in total. The molecule has 2 aromatic carbocycles. The fourth-order valence-electron chi connectivity index (χ4n) is 2.53. The number of anilines is 1.